The van der Waals surface area contributed by atoms with Crippen LogP contribution < -0.4 is 0 Å². The van der Waals surface area contributed by atoms with Crippen molar-refractivity contribution in [2.24, 2.45) is 0 Å². The van der Waals surface area contributed by atoms with Gasteiger partial charge in [0.1, 0.15) is 11.9 Å². The van der Waals surface area contributed by atoms with Crippen molar-refractivity contribution in [2.45, 2.75) is 13.0 Å². The smallest absolute Gasteiger partial charge is 0.159 e. The van der Waals surface area contributed by atoms with Crippen LogP contribution in [0.25, 0.3) is 11.4 Å². The molecule has 4 aromatic rings. The van der Waals surface area contributed by atoms with E-state index < -0.39 is 0 Å². The SMILES string of the molecule is Cc1nc(-c2ccc(Cl)cc2)n(C(c2ccccc2)c2ccccc2)n1. The third kappa shape index (κ3) is 3.26. The molecule has 0 aliphatic rings. The molecule has 0 N–H and O–H groups in total. The van der Waals surface area contributed by atoms with Gasteiger partial charge in [0.15, 0.2) is 5.82 Å². The molecule has 128 valence electrons. The summed E-state index contributed by atoms with van der Waals surface area (Å²) in [6.45, 7) is 1.92. The van der Waals surface area contributed by atoms with E-state index in [1.165, 1.54) is 11.1 Å². The zero-order valence-electron chi connectivity index (χ0n) is 14.4. The van der Waals surface area contributed by atoms with E-state index in [2.05, 4.69) is 48.5 Å². The van der Waals surface area contributed by atoms with Gasteiger partial charge in [-0.3, -0.25) is 0 Å². The quantitative estimate of drug-likeness (QED) is 0.478. The molecule has 0 atom stereocenters. The maximum atomic E-state index is 6.06. The number of rotatable bonds is 4. The Morgan fingerprint density at radius 2 is 1.31 bits per heavy atom. The maximum Gasteiger partial charge on any atom is 0.159 e. The van der Waals surface area contributed by atoms with Gasteiger partial charge in [0.2, 0.25) is 0 Å². The molecule has 4 rings (SSSR count). The predicted molar refractivity (Wildman–Crippen MR) is 105 cm³/mol. The summed E-state index contributed by atoms with van der Waals surface area (Å²) in [6, 6.07) is 28.4. The van der Waals surface area contributed by atoms with Gasteiger partial charge >= 0.3 is 0 Å². The lowest BCUT2D eigenvalue weighted by atomic mass is 9.98. The second kappa shape index (κ2) is 7.14. The fourth-order valence-electron chi connectivity index (χ4n) is 3.15. The number of halogens is 1. The Morgan fingerprint density at radius 3 is 1.85 bits per heavy atom. The monoisotopic (exact) mass is 359 g/mol. The first kappa shape index (κ1) is 16.6. The number of aromatic nitrogens is 3. The van der Waals surface area contributed by atoms with Crippen LogP contribution in [0.1, 0.15) is 23.0 Å². The van der Waals surface area contributed by atoms with E-state index in [-0.39, 0.29) is 6.04 Å². The minimum absolute atomic E-state index is 0.0516. The van der Waals surface area contributed by atoms with E-state index in [1.54, 1.807) is 0 Å². The number of nitrogens with zero attached hydrogens (tertiary/aromatic N) is 3. The fraction of sp³-hybridized carbons (Fsp3) is 0.0909. The molecule has 0 saturated carbocycles. The van der Waals surface area contributed by atoms with E-state index in [0.29, 0.717) is 5.02 Å². The lowest BCUT2D eigenvalue weighted by Crippen LogP contribution is -2.15. The van der Waals surface area contributed by atoms with Crippen LogP contribution >= 0.6 is 11.6 Å². The van der Waals surface area contributed by atoms with Crippen LogP contribution in [0.3, 0.4) is 0 Å². The normalized spacial score (nSPS) is 11.0. The molecular formula is C22H18ClN3. The Bertz CT molecular complexity index is 953. The largest absolute Gasteiger partial charge is 0.233 e. The molecule has 0 unspecified atom stereocenters. The highest BCUT2D eigenvalue weighted by molar-refractivity contribution is 6.30. The van der Waals surface area contributed by atoms with Gasteiger partial charge in [-0.05, 0) is 42.3 Å². The van der Waals surface area contributed by atoms with Gasteiger partial charge in [-0.1, -0.05) is 72.3 Å². The standard InChI is InChI=1S/C22H18ClN3/c1-16-24-22(19-12-14-20(23)15-13-19)26(25-16)21(17-8-4-2-5-9-17)18-10-6-3-7-11-18/h2-15,21H,1H3. The van der Waals surface area contributed by atoms with Crippen molar-refractivity contribution in [1.29, 1.82) is 0 Å². The summed E-state index contributed by atoms with van der Waals surface area (Å²) in [5.41, 5.74) is 3.32. The summed E-state index contributed by atoms with van der Waals surface area (Å²) < 4.78 is 2.00. The summed E-state index contributed by atoms with van der Waals surface area (Å²) >= 11 is 6.06. The minimum Gasteiger partial charge on any atom is -0.233 e. The van der Waals surface area contributed by atoms with Gasteiger partial charge in [-0.2, -0.15) is 5.10 Å². The van der Waals surface area contributed by atoms with Crippen LogP contribution in [-0.4, -0.2) is 14.8 Å². The van der Waals surface area contributed by atoms with Gasteiger partial charge in [-0.25, -0.2) is 9.67 Å². The van der Waals surface area contributed by atoms with Gasteiger partial charge in [0, 0.05) is 10.6 Å². The highest BCUT2D eigenvalue weighted by atomic mass is 35.5. The number of aryl methyl sites for hydroxylation is 1. The van der Waals surface area contributed by atoms with Crippen molar-refractivity contribution in [3.05, 3.63) is 107 Å². The average Bonchev–Trinajstić information content (AvgIpc) is 3.05. The molecule has 0 aliphatic heterocycles. The first-order valence-electron chi connectivity index (χ1n) is 8.51. The molecule has 26 heavy (non-hydrogen) atoms. The molecular weight excluding hydrogens is 342 g/mol. The molecule has 0 saturated heterocycles. The number of benzene rings is 3. The Labute approximate surface area is 157 Å². The summed E-state index contributed by atoms with van der Waals surface area (Å²) in [4.78, 5) is 4.69. The van der Waals surface area contributed by atoms with Gasteiger partial charge in [0.25, 0.3) is 0 Å². The van der Waals surface area contributed by atoms with Crippen molar-refractivity contribution >= 4 is 11.6 Å². The van der Waals surface area contributed by atoms with Crippen molar-refractivity contribution in [2.75, 3.05) is 0 Å². The van der Waals surface area contributed by atoms with Crippen molar-refractivity contribution < 1.29 is 0 Å². The van der Waals surface area contributed by atoms with E-state index in [9.17, 15) is 0 Å². The zero-order valence-corrected chi connectivity index (χ0v) is 15.1. The first-order chi connectivity index (χ1) is 12.7. The summed E-state index contributed by atoms with van der Waals surface area (Å²) in [5, 5.41) is 5.44. The zero-order chi connectivity index (χ0) is 17.9. The molecule has 0 fully saturated rings. The first-order valence-corrected chi connectivity index (χ1v) is 8.89. The molecule has 0 amide bonds. The van der Waals surface area contributed by atoms with Gasteiger partial charge in [-0.15, -0.1) is 0 Å². The van der Waals surface area contributed by atoms with Gasteiger partial charge < -0.3 is 0 Å². The van der Waals surface area contributed by atoms with Crippen molar-refractivity contribution in [3.8, 4) is 11.4 Å². The maximum absolute atomic E-state index is 6.06. The Morgan fingerprint density at radius 1 is 0.769 bits per heavy atom. The van der Waals surface area contributed by atoms with E-state index in [0.717, 1.165) is 17.2 Å². The molecule has 0 aliphatic carbocycles. The summed E-state index contributed by atoms with van der Waals surface area (Å²) in [5.74, 6) is 1.57. The Hall–Kier alpha value is -2.91. The predicted octanol–water partition coefficient (Wildman–Crippen LogP) is 5.54. The Kier molecular flexibility index (Phi) is 4.55. The molecule has 0 bridgehead atoms. The molecule has 3 aromatic carbocycles. The molecule has 1 heterocycles. The lowest BCUT2D eigenvalue weighted by molar-refractivity contribution is 0.597. The van der Waals surface area contributed by atoms with E-state index >= 15 is 0 Å². The average molecular weight is 360 g/mol. The lowest BCUT2D eigenvalue weighted by Gasteiger charge is -2.20. The fourth-order valence-corrected chi connectivity index (χ4v) is 3.28. The van der Waals surface area contributed by atoms with Crippen LogP contribution in [0.2, 0.25) is 5.02 Å². The van der Waals surface area contributed by atoms with E-state index in [1.807, 2.05) is 48.0 Å². The third-order valence-corrected chi connectivity index (χ3v) is 4.57. The van der Waals surface area contributed by atoms with Crippen LogP contribution in [0.15, 0.2) is 84.9 Å². The summed E-state index contributed by atoms with van der Waals surface area (Å²) in [6.07, 6.45) is 0. The molecule has 1 aromatic heterocycles. The topological polar surface area (TPSA) is 30.7 Å². The second-order valence-electron chi connectivity index (χ2n) is 6.16. The molecule has 4 heteroatoms. The van der Waals surface area contributed by atoms with Crippen molar-refractivity contribution in [1.82, 2.24) is 14.8 Å². The third-order valence-electron chi connectivity index (χ3n) is 4.31. The van der Waals surface area contributed by atoms with Crippen molar-refractivity contribution in [3.63, 3.8) is 0 Å². The van der Waals surface area contributed by atoms with Crippen LogP contribution in [-0.2, 0) is 0 Å². The molecule has 0 spiro atoms. The van der Waals surface area contributed by atoms with Crippen LogP contribution in [0, 0.1) is 6.92 Å². The van der Waals surface area contributed by atoms with Crippen LogP contribution in [0.5, 0.6) is 0 Å². The number of hydrogen-bond acceptors (Lipinski definition) is 2. The molecule has 0 radical (unpaired) electrons. The number of hydrogen-bond donors (Lipinski definition) is 0. The highest BCUT2D eigenvalue weighted by Gasteiger charge is 2.22. The van der Waals surface area contributed by atoms with Crippen LogP contribution in [0.4, 0.5) is 0 Å². The molecule has 3 nitrogen and oxygen atoms in total. The van der Waals surface area contributed by atoms with Gasteiger partial charge in [0.05, 0.1) is 0 Å². The summed E-state index contributed by atoms with van der Waals surface area (Å²) in [7, 11) is 0. The Balaban J connectivity index is 1.91. The highest BCUT2D eigenvalue weighted by Crippen LogP contribution is 2.31. The van der Waals surface area contributed by atoms with E-state index in [4.69, 9.17) is 21.7 Å². The minimum atomic E-state index is -0.0516. The second-order valence-corrected chi connectivity index (χ2v) is 6.59.